The van der Waals surface area contributed by atoms with Crippen LogP contribution in [0.2, 0.25) is 0 Å². The van der Waals surface area contributed by atoms with E-state index in [0.29, 0.717) is 18.3 Å². The highest BCUT2D eigenvalue weighted by Gasteiger charge is 2.83. The average molecular weight is 494 g/mol. The predicted octanol–water partition coefficient (Wildman–Crippen LogP) is 3.05. The largest absolute Gasteiger partial charge is 0.384 e. The zero-order valence-electron chi connectivity index (χ0n) is 21.8. The van der Waals surface area contributed by atoms with Crippen LogP contribution in [0.5, 0.6) is 0 Å². The maximum absolute atomic E-state index is 12.7. The molecule has 35 heavy (non-hydrogen) atoms. The highest BCUT2D eigenvalue weighted by molar-refractivity contribution is 5.87. The fourth-order valence-corrected chi connectivity index (χ4v) is 6.37. The van der Waals surface area contributed by atoms with Crippen LogP contribution in [0.3, 0.4) is 0 Å². The molecule has 198 valence electrons. The van der Waals surface area contributed by atoms with Crippen LogP contribution in [0.25, 0.3) is 0 Å². The second kappa shape index (κ2) is 10.6. The Morgan fingerprint density at radius 3 is 2.43 bits per heavy atom. The minimum Gasteiger partial charge on any atom is -0.384 e. The highest BCUT2D eigenvalue weighted by Crippen LogP contribution is 2.63. The molecule has 8 heteroatoms. The molecule has 1 amide bonds. The SMILES string of the molecule is CCCCCCC(C)CC(C)C=CC(=O)NC1CC2(OC1OC)C1OC1C(O)(CC(C)=O)C1OC12. The van der Waals surface area contributed by atoms with Crippen molar-refractivity contribution in [3.05, 3.63) is 12.2 Å². The first-order valence-corrected chi connectivity index (χ1v) is 13.4. The van der Waals surface area contributed by atoms with Crippen molar-refractivity contribution in [3.8, 4) is 0 Å². The standard InChI is InChI=1S/C27H43NO7/c1-6-7-8-9-10-16(2)13-17(3)11-12-20(30)28-19-15-27(35-25(19)32-5)23-21(33-23)26(31,14-18(4)29)22-24(27)34-22/h11-12,16-17,19,21-25,31H,6-10,13-15H2,1-5H3,(H,28,30). The van der Waals surface area contributed by atoms with Crippen LogP contribution >= 0.6 is 0 Å². The molecule has 0 aromatic carbocycles. The topological polar surface area (TPSA) is 110 Å². The van der Waals surface area contributed by atoms with Gasteiger partial charge in [0, 0.05) is 20.0 Å². The molecule has 1 aliphatic carbocycles. The number of fused-ring (bicyclic) bond motifs is 4. The van der Waals surface area contributed by atoms with Gasteiger partial charge in [0.15, 0.2) is 6.29 Å². The van der Waals surface area contributed by atoms with Crippen LogP contribution in [0.4, 0.5) is 0 Å². The zero-order valence-corrected chi connectivity index (χ0v) is 21.8. The second-order valence-corrected chi connectivity index (χ2v) is 11.3. The van der Waals surface area contributed by atoms with Gasteiger partial charge in [0.1, 0.15) is 41.4 Å². The Balaban J connectivity index is 1.29. The van der Waals surface area contributed by atoms with Gasteiger partial charge in [-0.1, -0.05) is 59.0 Å². The molecule has 3 heterocycles. The van der Waals surface area contributed by atoms with Crippen molar-refractivity contribution in [1.82, 2.24) is 5.32 Å². The van der Waals surface area contributed by atoms with Gasteiger partial charge in [-0.2, -0.15) is 0 Å². The smallest absolute Gasteiger partial charge is 0.244 e. The van der Waals surface area contributed by atoms with Crippen molar-refractivity contribution in [1.29, 1.82) is 0 Å². The first-order valence-electron chi connectivity index (χ1n) is 13.4. The Hall–Kier alpha value is -1.32. The molecule has 8 atom stereocenters. The lowest BCUT2D eigenvalue weighted by Crippen LogP contribution is -2.57. The summed E-state index contributed by atoms with van der Waals surface area (Å²) in [6.45, 7) is 8.12. The van der Waals surface area contributed by atoms with Gasteiger partial charge in [0.25, 0.3) is 0 Å². The molecule has 0 radical (unpaired) electrons. The molecule has 1 saturated carbocycles. The van der Waals surface area contributed by atoms with E-state index in [-0.39, 0.29) is 36.4 Å². The van der Waals surface area contributed by atoms with Crippen LogP contribution in [0.15, 0.2) is 12.2 Å². The van der Waals surface area contributed by atoms with Gasteiger partial charge in [-0.3, -0.25) is 9.59 Å². The minimum atomic E-state index is -1.31. The summed E-state index contributed by atoms with van der Waals surface area (Å²) >= 11 is 0. The number of methoxy groups -OCH3 is 1. The summed E-state index contributed by atoms with van der Waals surface area (Å²) in [6, 6.07) is -0.362. The molecule has 8 nitrogen and oxygen atoms in total. The van der Waals surface area contributed by atoms with Crippen molar-refractivity contribution in [2.45, 2.75) is 127 Å². The van der Waals surface area contributed by atoms with Crippen molar-refractivity contribution >= 4 is 11.7 Å². The Morgan fingerprint density at radius 2 is 1.83 bits per heavy atom. The molecule has 0 aromatic rings. The summed E-state index contributed by atoms with van der Waals surface area (Å²) in [5, 5.41) is 14.1. The number of epoxide rings is 2. The number of aliphatic hydroxyl groups is 1. The van der Waals surface area contributed by atoms with Crippen molar-refractivity contribution < 1.29 is 33.6 Å². The van der Waals surface area contributed by atoms with E-state index in [1.807, 2.05) is 6.08 Å². The molecule has 4 rings (SSSR count). The van der Waals surface area contributed by atoms with E-state index in [4.69, 9.17) is 18.9 Å². The molecule has 1 spiro atoms. The molecule has 2 N–H and O–H groups in total. The summed E-state index contributed by atoms with van der Waals surface area (Å²) < 4.78 is 23.5. The lowest BCUT2D eigenvalue weighted by atomic mass is 9.72. The Labute approximate surface area is 209 Å². The number of carbonyl (C=O) groups is 2. The lowest BCUT2D eigenvalue weighted by Gasteiger charge is -2.33. The third kappa shape index (κ3) is 5.52. The second-order valence-electron chi connectivity index (χ2n) is 11.3. The number of hydrogen-bond donors (Lipinski definition) is 2. The molecule has 0 bridgehead atoms. The number of rotatable bonds is 13. The van der Waals surface area contributed by atoms with Crippen LogP contribution in [0, 0.1) is 11.8 Å². The normalized spacial score (nSPS) is 40.9. The molecule has 4 fully saturated rings. The summed E-state index contributed by atoms with van der Waals surface area (Å²) in [4.78, 5) is 24.4. The highest BCUT2D eigenvalue weighted by atomic mass is 16.7. The first-order chi connectivity index (χ1) is 16.6. The molecule has 0 aromatic heterocycles. The molecular formula is C27H43NO7. The monoisotopic (exact) mass is 493 g/mol. The Morgan fingerprint density at radius 1 is 1.14 bits per heavy atom. The summed E-state index contributed by atoms with van der Waals surface area (Å²) in [6.07, 6.45) is 9.07. The maximum atomic E-state index is 12.7. The van der Waals surface area contributed by atoms with E-state index < -0.39 is 29.7 Å². The van der Waals surface area contributed by atoms with Crippen molar-refractivity contribution in [2.75, 3.05) is 7.11 Å². The van der Waals surface area contributed by atoms with Gasteiger partial charge in [-0.05, 0) is 31.3 Å². The summed E-state index contributed by atoms with van der Waals surface area (Å²) in [5.74, 6) is 0.683. The van der Waals surface area contributed by atoms with Gasteiger partial charge in [-0.25, -0.2) is 0 Å². The number of carbonyl (C=O) groups excluding carboxylic acids is 2. The molecule has 3 saturated heterocycles. The van der Waals surface area contributed by atoms with Gasteiger partial charge in [0.05, 0.1) is 6.04 Å². The van der Waals surface area contributed by atoms with E-state index in [1.54, 1.807) is 13.2 Å². The van der Waals surface area contributed by atoms with Gasteiger partial charge >= 0.3 is 0 Å². The quantitative estimate of drug-likeness (QED) is 0.231. The summed E-state index contributed by atoms with van der Waals surface area (Å²) in [5.41, 5.74) is -2.10. The molecule has 4 aliphatic rings. The van der Waals surface area contributed by atoms with E-state index in [0.717, 1.165) is 6.42 Å². The van der Waals surface area contributed by atoms with Crippen LogP contribution in [-0.4, -0.2) is 71.9 Å². The summed E-state index contributed by atoms with van der Waals surface area (Å²) in [7, 11) is 1.55. The van der Waals surface area contributed by atoms with Gasteiger partial charge < -0.3 is 29.4 Å². The maximum Gasteiger partial charge on any atom is 0.244 e. The van der Waals surface area contributed by atoms with E-state index >= 15 is 0 Å². The van der Waals surface area contributed by atoms with E-state index in [1.165, 1.54) is 39.0 Å². The fraction of sp³-hybridized carbons (Fsp3) is 0.852. The number of unbranched alkanes of at least 4 members (excludes halogenated alkanes) is 3. The van der Waals surface area contributed by atoms with Crippen molar-refractivity contribution in [3.63, 3.8) is 0 Å². The lowest BCUT2D eigenvalue weighted by molar-refractivity contribution is -0.175. The van der Waals surface area contributed by atoms with Gasteiger partial charge in [0.2, 0.25) is 5.91 Å². The molecule has 8 unspecified atom stereocenters. The first kappa shape index (κ1) is 26.7. The average Bonchev–Trinajstić information content (AvgIpc) is 3.71. The molecular weight excluding hydrogens is 450 g/mol. The predicted molar refractivity (Wildman–Crippen MR) is 130 cm³/mol. The number of ketones is 1. The number of Topliss-reactive ketones (excluding diaryl/α,β-unsaturated/α-hetero) is 1. The fourth-order valence-electron chi connectivity index (χ4n) is 6.37. The van der Waals surface area contributed by atoms with Crippen molar-refractivity contribution in [2.24, 2.45) is 11.8 Å². The number of nitrogens with one attached hydrogen (secondary N) is 1. The van der Waals surface area contributed by atoms with Crippen LogP contribution < -0.4 is 5.32 Å². The number of amides is 1. The Bertz CT molecular complexity index is 795. The minimum absolute atomic E-state index is 0.000377. The third-order valence-corrected chi connectivity index (χ3v) is 8.13. The zero-order chi connectivity index (χ0) is 25.4. The number of allylic oxidation sites excluding steroid dienone is 1. The molecule has 3 aliphatic heterocycles. The Kier molecular flexibility index (Phi) is 8.08. The van der Waals surface area contributed by atoms with E-state index in [2.05, 4.69) is 26.1 Å². The number of ether oxygens (including phenoxy) is 4. The van der Waals surface area contributed by atoms with Gasteiger partial charge in [-0.15, -0.1) is 0 Å². The van der Waals surface area contributed by atoms with E-state index in [9.17, 15) is 14.7 Å². The van der Waals surface area contributed by atoms with Crippen LogP contribution in [0.1, 0.15) is 79.1 Å². The number of hydrogen-bond acceptors (Lipinski definition) is 7. The third-order valence-electron chi connectivity index (χ3n) is 8.13. The van der Waals surface area contributed by atoms with Crippen LogP contribution in [-0.2, 0) is 28.5 Å².